The molecule has 168 valence electrons. The lowest BCUT2D eigenvalue weighted by Gasteiger charge is -2.28. The molecule has 2 saturated heterocycles. The van der Waals surface area contributed by atoms with Crippen molar-refractivity contribution < 1.29 is 19.2 Å². The van der Waals surface area contributed by atoms with Crippen molar-refractivity contribution in [3.05, 3.63) is 35.9 Å². The van der Waals surface area contributed by atoms with Gasteiger partial charge in [-0.1, -0.05) is 30.3 Å². The Hall–Kier alpha value is -3.10. The Morgan fingerprint density at radius 1 is 1.10 bits per heavy atom. The molecule has 0 saturated carbocycles. The third-order valence-corrected chi connectivity index (χ3v) is 5.90. The highest BCUT2D eigenvalue weighted by Crippen LogP contribution is 2.19. The normalized spacial score (nSPS) is 22.1. The Bertz CT molecular complexity index is 815. The van der Waals surface area contributed by atoms with Crippen molar-refractivity contribution in [3.8, 4) is 0 Å². The largest absolute Gasteiger partial charge is 0.356 e. The number of rotatable bonds is 8. The minimum atomic E-state index is -0.575. The highest BCUT2D eigenvalue weighted by atomic mass is 16.2. The van der Waals surface area contributed by atoms with Gasteiger partial charge < -0.3 is 25.8 Å². The Morgan fingerprint density at radius 3 is 2.48 bits per heavy atom. The summed E-state index contributed by atoms with van der Waals surface area (Å²) in [5, 5.41) is 8.68. The van der Waals surface area contributed by atoms with E-state index in [1.54, 1.807) is 19.0 Å². The van der Waals surface area contributed by atoms with Gasteiger partial charge in [0.2, 0.25) is 17.7 Å². The van der Waals surface area contributed by atoms with Gasteiger partial charge in [0.25, 0.3) is 0 Å². The van der Waals surface area contributed by atoms with Crippen molar-refractivity contribution in [2.24, 2.45) is 5.92 Å². The molecule has 9 nitrogen and oxygen atoms in total. The third-order valence-electron chi connectivity index (χ3n) is 5.90. The Morgan fingerprint density at radius 2 is 1.84 bits per heavy atom. The van der Waals surface area contributed by atoms with E-state index in [4.69, 9.17) is 0 Å². The molecule has 0 bridgehead atoms. The molecule has 2 aliphatic heterocycles. The highest BCUT2D eigenvalue weighted by molar-refractivity contribution is 5.90. The summed E-state index contributed by atoms with van der Waals surface area (Å²) in [7, 11) is 3.37. The van der Waals surface area contributed by atoms with Crippen LogP contribution in [-0.2, 0) is 14.4 Å². The molecule has 5 amide bonds. The molecule has 0 aromatic heterocycles. The molecule has 0 aliphatic carbocycles. The van der Waals surface area contributed by atoms with Crippen molar-refractivity contribution >= 4 is 23.8 Å². The minimum absolute atomic E-state index is 0.0312. The zero-order valence-corrected chi connectivity index (χ0v) is 18.1. The first kappa shape index (κ1) is 22.6. The lowest BCUT2D eigenvalue weighted by atomic mass is 9.97. The molecule has 9 heteroatoms. The number of hydrogen-bond acceptors (Lipinski definition) is 4. The quantitative estimate of drug-likeness (QED) is 0.527. The number of likely N-dealkylation sites (tertiary alicyclic amines) is 1. The van der Waals surface area contributed by atoms with E-state index in [0.29, 0.717) is 45.3 Å². The second-order valence-electron chi connectivity index (χ2n) is 8.30. The number of urea groups is 1. The number of piperidine rings is 1. The maximum absolute atomic E-state index is 12.7. The fourth-order valence-electron chi connectivity index (χ4n) is 3.98. The fraction of sp³-hybridized carbons (Fsp3) is 0.545. The molecule has 2 fully saturated rings. The van der Waals surface area contributed by atoms with E-state index < -0.39 is 6.04 Å². The summed E-state index contributed by atoms with van der Waals surface area (Å²) >= 11 is 0. The number of nitrogens with one attached hydrogen (secondary N) is 3. The molecule has 1 aromatic carbocycles. The van der Waals surface area contributed by atoms with Gasteiger partial charge in [-0.05, 0) is 24.8 Å². The molecule has 0 spiro atoms. The van der Waals surface area contributed by atoms with E-state index in [1.165, 1.54) is 4.90 Å². The molecular formula is C22H31N5O4. The van der Waals surface area contributed by atoms with Crippen molar-refractivity contribution in [1.82, 2.24) is 25.8 Å². The lowest BCUT2D eigenvalue weighted by Crippen LogP contribution is -2.45. The number of likely N-dealkylation sites (N-methyl/N-ethyl adjacent to an activating group) is 1. The second-order valence-corrected chi connectivity index (χ2v) is 8.30. The van der Waals surface area contributed by atoms with Crippen LogP contribution in [0.2, 0.25) is 0 Å². The summed E-state index contributed by atoms with van der Waals surface area (Å²) in [6, 6.07) is 8.62. The van der Waals surface area contributed by atoms with Crippen LogP contribution in [0.25, 0.3) is 0 Å². The summed E-state index contributed by atoms with van der Waals surface area (Å²) < 4.78 is 0. The molecule has 3 atom stereocenters. The monoisotopic (exact) mass is 429 g/mol. The Labute approximate surface area is 182 Å². The molecule has 2 aliphatic rings. The first-order chi connectivity index (χ1) is 14.8. The van der Waals surface area contributed by atoms with Crippen LogP contribution >= 0.6 is 0 Å². The predicted octanol–water partition coefficient (Wildman–Crippen LogP) is 0.632. The molecule has 3 unspecified atom stereocenters. The molecular weight excluding hydrogens is 398 g/mol. The number of nitrogens with zero attached hydrogens (tertiary/aromatic N) is 2. The molecule has 3 rings (SSSR count). The predicted molar refractivity (Wildman–Crippen MR) is 115 cm³/mol. The van der Waals surface area contributed by atoms with Gasteiger partial charge in [0.15, 0.2) is 0 Å². The van der Waals surface area contributed by atoms with Gasteiger partial charge >= 0.3 is 6.03 Å². The van der Waals surface area contributed by atoms with Crippen molar-refractivity contribution in [3.63, 3.8) is 0 Å². The van der Waals surface area contributed by atoms with Crippen LogP contribution in [-0.4, -0.2) is 73.3 Å². The van der Waals surface area contributed by atoms with Crippen LogP contribution < -0.4 is 16.0 Å². The number of amides is 5. The van der Waals surface area contributed by atoms with E-state index in [9.17, 15) is 19.2 Å². The summed E-state index contributed by atoms with van der Waals surface area (Å²) in [6.45, 7) is 1.28. The summed E-state index contributed by atoms with van der Waals surface area (Å²) in [6.07, 6.45) is 2.32. The van der Waals surface area contributed by atoms with E-state index >= 15 is 0 Å². The van der Waals surface area contributed by atoms with Gasteiger partial charge in [0, 0.05) is 33.6 Å². The molecule has 0 radical (unpaired) electrons. The van der Waals surface area contributed by atoms with Gasteiger partial charge in [-0.25, -0.2) is 4.79 Å². The van der Waals surface area contributed by atoms with E-state index in [-0.39, 0.29) is 35.7 Å². The van der Waals surface area contributed by atoms with Crippen molar-refractivity contribution in [2.45, 2.75) is 37.8 Å². The van der Waals surface area contributed by atoms with Gasteiger partial charge in [-0.2, -0.15) is 0 Å². The summed E-state index contributed by atoms with van der Waals surface area (Å²) in [4.78, 5) is 51.4. The van der Waals surface area contributed by atoms with Crippen LogP contribution in [0, 0.1) is 5.92 Å². The summed E-state index contributed by atoms with van der Waals surface area (Å²) in [5.41, 5.74) is 0.979. The average Bonchev–Trinajstić information content (AvgIpc) is 3.11. The Kier molecular flexibility index (Phi) is 7.49. The van der Waals surface area contributed by atoms with Gasteiger partial charge in [0.1, 0.15) is 6.04 Å². The molecule has 1 aromatic rings. The zero-order valence-electron chi connectivity index (χ0n) is 18.1. The highest BCUT2D eigenvalue weighted by Gasteiger charge is 2.32. The van der Waals surface area contributed by atoms with Crippen LogP contribution in [0.1, 0.15) is 37.3 Å². The first-order valence-electron chi connectivity index (χ1n) is 10.7. The standard InChI is InChI=1S/C22H31N5O4/c1-26-13-16(10-11-19(26)28)20(29)23-12-6-9-17(15-7-4-3-5-8-15)24-21(30)18-14-27(2)22(31)25-18/h3-5,7-8,16-18H,6,9-14H2,1-2H3,(H,23,29)(H,24,30)(H,25,31). The number of hydrogen-bond donors (Lipinski definition) is 3. The topological polar surface area (TPSA) is 111 Å². The van der Waals surface area contributed by atoms with Gasteiger partial charge in [-0.3, -0.25) is 14.4 Å². The van der Waals surface area contributed by atoms with Gasteiger partial charge in [0.05, 0.1) is 18.5 Å². The molecule has 31 heavy (non-hydrogen) atoms. The third kappa shape index (κ3) is 5.96. The minimum Gasteiger partial charge on any atom is -0.356 e. The molecule has 2 heterocycles. The summed E-state index contributed by atoms with van der Waals surface area (Å²) in [5.74, 6) is -0.340. The SMILES string of the molecule is CN1CC(C(=O)NCCCC(NC(=O)C2CN(C)C(=O)N2)c2ccccc2)CCC1=O. The maximum atomic E-state index is 12.7. The first-order valence-corrected chi connectivity index (χ1v) is 10.7. The molecule has 3 N–H and O–H groups in total. The Balaban J connectivity index is 1.50. The van der Waals surface area contributed by atoms with Crippen LogP contribution in [0.3, 0.4) is 0 Å². The van der Waals surface area contributed by atoms with E-state index in [1.807, 2.05) is 30.3 Å². The fourth-order valence-corrected chi connectivity index (χ4v) is 3.98. The smallest absolute Gasteiger partial charge is 0.317 e. The van der Waals surface area contributed by atoms with Crippen molar-refractivity contribution in [1.29, 1.82) is 0 Å². The second kappa shape index (κ2) is 10.3. The van der Waals surface area contributed by atoms with Crippen molar-refractivity contribution in [2.75, 3.05) is 33.7 Å². The number of carbonyl (C=O) groups excluding carboxylic acids is 4. The lowest BCUT2D eigenvalue weighted by molar-refractivity contribution is -0.137. The van der Waals surface area contributed by atoms with E-state index in [2.05, 4.69) is 16.0 Å². The average molecular weight is 430 g/mol. The maximum Gasteiger partial charge on any atom is 0.317 e. The number of carbonyl (C=O) groups is 4. The van der Waals surface area contributed by atoms with Crippen LogP contribution in [0.4, 0.5) is 4.79 Å². The number of benzene rings is 1. The zero-order chi connectivity index (χ0) is 22.4. The van der Waals surface area contributed by atoms with E-state index in [0.717, 1.165) is 5.56 Å². The van der Waals surface area contributed by atoms with Gasteiger partial charge in [-0.15, -0.1) is 0 Å². The van der Waals surface area contributed by atoms with Crippen LogP contribution in [0.15, 0.2) is 30.3 Å². The van der Waals surface area contributed by atoms with Crippen LogP contribution in [0.5, 0.6) is 0 Å².